The quantitative estimate of drug-likeness (QED) is 0.865. The van der Waals surface area contributed by atoms with E-state index in [1.54, 1.807) is 11.3 Å². The van der Waals surface area contributed by atoms with E-state index in [1.807, 2.05) is 0 Å². The molecule has 4 heteroatoms. The Labute approximate surface area is 127 Å². The van der Waals surface area contributed by atoms with Crippen molar-refractivity contribution in [3.8, 4) is 0 Å². The molecule has 0 spiro atoms. The van der Waals surface area contributed by atoms with Crippen LogP contribution in [0.25, 0.3) is 0 Å². The molecule has 0 bridgehead atoms. The minimum absolute atomic E-state index is 0.146. The third-order valence-corrected chi connectivity index (χ3v) is 4.90. The zero-order valence-electron chi connectivity index (χ0n) is 11.3. The minimum Gasteiger partial charge on any atom is -0.369 e. The molecule has 2 aromatic rings. The van der Waals surface area contributed by atoms with Crippen molar-refractivity contribution in [1.82, 2.24) is 0 Å². The van der Waals surface area contributed by atoms with Gasteiger partial charge >= 0.3 is 0 Å². The van der Waals surface area contributed by atoms with E-state index in [-0.39, 0.29) is 6.04 Å². The van der Waals surface area contributed by atoms with Crippen LogP contribution in [0.4, 0.5) is 5.69 Å². The molecule has 102 valence electrons. The minimum atomic E-state index is 0.146. The summed E-state index contributed by atoms with van der Waals surface area (Å²) in [5.74, 6) is 0. The van der Waals surface area contributed by atoms with Crippen LogP contribution in [0.3, 0.4) is 0 Å². The fourth-order valence-corrected chi connectivity index (χ4v) is 3.48. The summed E-state index contributed by atoms with van der Waals surface area (Å²) >= 11 is 5.27. The zero-order chi connectivity index (χ0) is 13.8. The van der Waals surface area contributed by atoms with Crippen molar-refractivity contribution >= 4 is 33.0 Å². The molecule has 0 aliphatic rings. The van der Waals surface area contributed by atoms with E-state index in [2.05, 4.69) is 70.5 Å². The van der Waals surface area contributed by atoms with Gasteiger partial charge in [-0.15, -0.1) is 11.3 Å². The Kier molecular flexibility index (Phi) is 5.02. The van der Waals surface area contributed by atoms with Crippen molar-refractivity contribution in [2.24, 2.45) is 5.73 Å². The molecule has 0 saturated carbocycles. The third kappa shape index (κ3) is 3.81. The monoisotopic (exact) mass is 338 g/mol. The van der Waals surface area contributed by atoms with Gasteiger partial charge in [-0.2, -0.15) is 0 Å². The van der Waals surface area contributed by atoms with Crippen LogP contribution in [-0.2, 0) is 6.54 Å². The van der Waals surface area contributed by atoms with Crippen LogP contribution in [0.15, 0.2) is 40.2 Å². The van der Waals surface area contributed by atoms with Crippen LogP contribution in [0.5, 0.6) is 0 Å². The first-order valence-electron chi connectivity index (χ1n) is 6.39. The van der Waals surface area contributed by atoms with Crippen molar-refractivity contribution in [2.45, 2.75) is 25.9 Å². The number of hydrogen-bond donors (Lipinski definition) is 1. The van der Waals surface area contributed by atoms with Gasteiger partial charge in [0, 0.05) is 33.5 Å². The molecule has 0 amide bonds. The van der Waals surface area contributed by atoms with E-state index in [1.165, 1.54) is 16.1 Å². The third-order valence-electron chi connectivity index (χ3n) is 3.22. The van der Waals surface area contributed by atoms with Gasteiger partial charge in [0.2, 0.25) is 0 Å². The highest BCUT2D eigenvalue weighted by molar-refractivity contribution is 9.10. The van der Waals surface area contributed by atoms with Gasteiger partial charge in [-0.3, -0.25) is 0 Å². The van der Waals surface area contributed by atoms with E-state index in [9.17, 15) is 0 Å². The number of nitrogens with zero attached hydrogens (tertiary/aromatic N) is 1. The van der Waals surface area contributed by atoms with Crippen molar-refractivity contribution in [2.75, 3.05) is 11.9 Å². The van der Waals surface area contributed by atoms with Crippen molar-refractivity contribution in [1.29, 1.82) is 0 Å². The molecule has 1 unspecified atom stereocenters. The van der Waals surface area contributed by atoms with Crippen LogP contribution in [-0.4, -0.2) is 7.05 Å². The molecule has 0 saturated heterocycles. The maximum atomic E-state index is 6.03. The molecule has 19 heavy (non-hydrogen) atoms. The number of benzene rings is 1. The van der Waals surface area contributed by atoms with Crippen LogP contribution < -0.4 is 10.6 Å². The fraction of sp³-hybridized carbons (Fsp3) is 0.333. The molecule has 2 N–H and O–H groups in total. The number of anilines is 1. The Bertz CT molecular complexity index is 521. The lowest BCUT2D eigenvalue weighted by Crippen LogP contribution is -2.16. The average Bonchev–Trinajstić information content (AvgIpc) is 2.83. The summed E-state index contributed by atoms with van der Waals surface area (Å²) in [4.78, 5) is 3.60. The SMILES string of the molecule is CCC(N)c1ccc(N(C)Cc2cc(Br)cs2)cc1. The first-order valence-corrected chi connectivity index (χ1v) is 8.07. The van der Waals surface area contributed by atoms with Gasteiger partial charge in [0.15, 0.2) is 0 Å². The highest BCUT2D eigenvalue weighted by Crippen LogP contribution is 2.24. The Morgan fingerprint density at radius 3 is 2.53 bits per heavy atom. The van der Waals surface area contributed by atoms with Gasteiger partial charge in [-0.25, -0.2) is 0 Å². The van der Waals surface area contributed by atoms with Crippen LogP contribution in [0, 0.1) is 0 Å². The molecule has 1 aromatic carbocycles. The summed E-state index contributed by atoms with van der Waals surface area (Å²) in [6.07, 6.45) is 0.971. The molecule has 0 aliphatic carbocycles. The van der Waals surface area contributed by atoms with Crippen LogP contribution >= 0.6 is 27.3 Å². The molecule has 2 nitrogen and oxygen atoms in total. The molecule has 2 rings (SSSR count). The van der Waals surface area contributed by atoms with Crippen LogP contribution in [0.1, 0.15) is 29.8 Å². The fourth-order valence-electron chi connectivity index (χ4n) is 1.97. The first-order chi connectivity index (χ1) is 9.10. The molecule has 0 radical (unpaired) electrons. The second-order valence-corrected chi connectivity index (χ2v) is 6.61. The number of halogens is 1. The van der Waals surface area contributed by atoms with Crippen molar-refractivity contribution < 1.29 is 0 Å². The van der Waals surface area contributed by atoms with Gasteiger partial charge < -0.3 is 10.6 Å². The molecule has 1 aromatic heterocycles. The predicted molar refractivity (Wildman–Crippen MR) is 87.8 cm³/mol. The van der Waals surface area contributed by atoms with Gasteiger partial charge in [-0.1, -0.05) is 19.1 Å². The smallest absolute Gasteiger partial charge is 0.0519 e. The van der Waals surface area contributed by atoms with Crippen molar-refractivity contribution in [3.05, 3.63) is 50.6 Å². The standard InChI is InChI=1S/C15H19BrN2S/c1-3-15(17)11-4-6-13(7-5-11)18(2)9-14-8-12(16)10-19-14/h4-8,10,15H,3,9,17H2,1-2H3. The topological polar surface area (TPSA) is 29.3 Å². The number of nitrogens with two attached hydrogens (primary N) is 1. The summed E-state index contributed by atoms with van der Waals surface area (Å²) < 4.78 is 1.16. The average molecular weight is 339 g/mol. The van der Waals surface area contributed by atoms with E-state index in [4.69, 9.17) is 5.73 Å². The molecule has 1 atom stereocenters. The lowest BCUT2D eigenvalue weighted by molar-refractivity contribution is 0.698. The second kappa shape index (κ2) is 6.55. The maximum absolute atomic E-state index is 6.03. The maximum Gasteiger partial charge on any atom is 0.0519 e. The van der Waals surface area contributed by atoms with E-state index >= 15 is 0 Å². The van der Waals surface area contributed by atoms with Gasteiger partial charge in [-0.05, 0) is 46.1 Å². The summed E-state index contributed by atoms with van der Waals surface area (Å²) in [7, 11) is 2.11. The number of thiophene rings is 1. The normalized spacial score (nSPS) is 12.4. The Morgan fingerprint density at radius 1 is 1.32 bits per heavy atom. The summed E-state index contributed by atoms with van der Waals surface area (Å²) in [5, 5.41) is 2.12. The Balaban J connectivity index is 2.05. The van der Waals surface area contributed by atoms with Crippen LogP contribution in [0.2, 0.25) is 0 Å². The lowest BCUT2D eigenvalue weighted by Gasteiger charge is -2.19. The largest absolute Gasteiger partial charge is 0.369 e. The summed E-state index contributed by atoms with van der Waals surface area (Å²) in [6.45, 7) is 3.04. The summed E-state index contributed by atoms with van der Waals surface area (Å²) in [5.41, 5.74) is 8.46. The van der Waals surface area contributed by atoms with Gasteiger partial charge in [0.25, 0.3) is 0 Å². The van der Waals surface area contributed by atoms with Gasteiger partial charge in [0.05, 0.1) is 6.54 Å². The molecular weight excluding hydrogens is 320 g/mol. The number of rotatable bonds is 5. The van der Waals surface area contributed by atoms with E-state index < -0.39 is 0 Å². The Morgan fingerprint density at radius 2 is 2.00 bits per heavy atom. The summed E-state index contributed by atoms with van der Waals surface area (Å²) in [6, 6.07) is 10.9. The molecular formula is C15H19BrN2S. The molecule has 1 heterocycles. The second-order valence-electron chi connectivity index (χ2n) is 4.69. The zero-order valence-corrected chi connectivity index (χ0v) is 13.7. The first kappa shape index (κ1) is 14.6. The van der Waals surface area contributed by atoms with Crippen molar-refractivity contribution in [3.63, 3.8) is 0 Å². The van der Waals surface area contributed by atoms with E-state index in [0.717, 1.165) is 17.4 Å². The van der Waals surface area contributed by atoms with E-state index in [0.29, 0.717) is 0 Å². The molecule has 0 aliphatic heterocycles. The highest BCUT2D eigenvalue weighted by Gasteiger charge is 2.06. The molecule has 0 fully saturated rings. The number of hydrogen-bond acceptors (Lipinski definition) is 3. The lowest BCUT2D eigenvalue weighted by atomic mass is 10.1. The Hall–Kier alpha value is -0.840. The predicted octanol–water partition coefficient (Wildman–Crippen LogP) is 4.56. The van der Waals surface area contributed by atoms with Gasteiger partial charge in [0.1, 0.15) is 0 Å². The highest BCUT2D eigenvalue weighted by atomic mass is 79.9.